The van der Waals surface area contributed by atoms with Crippen molar-refractivity contribution in [2.24, 2.45) is 11.1 Å². The van der Waals surface area contributed by atoms with Crippen LogP contribution in [0, 0.1) is 11.7 Å². The first kappa shape index (κ1) is 15.2. The normalized spacial score (nSPS) is 21.8. The SMILES string of the molecule is O=C(C1=NO[C@H]2C(=O)N(c3ccc(F)cc3)C(=O)[C@@H]12)c1ccccc1. The zero-order valence-electron chi connectivity index (χ0n) is 12.8. The van der Waals surface area contributed by atoms with Crippen LogP contribution in [-0.4, -0.2) is 29.4 Å². The monoisotopic (exact) mass is 338 g/mol. The maximum atomic E-state index is 13.1. The molecule has 1 saturated heterocycles. The fraction of sp³-hybridized carbons (Fsp3) is 0.111. The van der Waals surface area contributed by atoms with Crippen LogP contribution >= 0.6 is 0 Å². The summed E-state index contributed by atoms with van der Waals surface area (Å²) in [5.41, 5.74) is 0.478. The molecule has 0 aromatic heterocycles. The van der Waals surface area contributed by atoms with Crippen LogP contribution in [0.15, 0.2) is 59.8 Å². The Kier molecular flexibility index (Phi) is 3.42. The minimum Gasteiger partial charge on any atom is -0.381 e. The highest BCUT2D eigenvalue weighted by atomic mass is 19.1. The molecule has 25 heavy (non-hydrogen) atoms. The molecule has 7 heteroatoms. The predicted octanol–water partition coefficient (Wildman–Crippen LogP) is 1.95. The van der Waals surface area contributed by atoms with Gasteiger partial charge in [-0.05, 0) is 24.3 Å². The number of rotatable bonds is 3. The van der Waals surface area contributed by atoms with Crippen molar-refractivity contribution in [2.45, 2.75) is 6.10 Å². The number of imide groups is 1. The number of amides is 2. The number of hydrogen-bond donors (Lipinski definition) is 0. The van der Waals surface area contributed by atoms with E-state index in [-0.39, 0.29) is 11.4 Å². The second kappa shape index (κ2) is 5.62. The summed E-state index contributed by atoms with van der Waals surface area (Å²) in [6.07, 6.45) is -1.17. The first-order valence-corrected chi connectivity index (χ1v) is 7.55. The number of nitrogens with zero attached hydrogens (tertiary/aromatic N) is 2. The number of carbonyl (C=O) groups excluding carboxylic acids is 3. The van der Waals surface area contributed by atoms with Crippen molar-refractivity contribution in [2.75, 3.05) is 4.90 Å². The molecule has 2 aromatic carbocycles. The van der Waals surface area contributed by atoms with Gasteiger partial charge in [0.25, 0.3) is 5.91 Å². The van der Waals surface area contributed by atoms with Crippen molar-refractivity contribution in [3.05, 3.63) is 66.0 Å². The third kappa shape index (κ3) is 2.32. The molecule has 2 atom stereocenters. The van der Waals surface area contributed by atoms with E-state index in [0.717, 1.165) is 17.0 Å². The van der Waals surface area contributed by atoms with E-state index >= 15 is 0 Å². The molecular formula is C18H11FN2O4. The average molecular weight is 338 g/mol. The van der Waals surface area contributed by atoms with Gasteiger partial charge in [-0.25, -0.2) is 9.29 Å². The van der Waals surface area contributed by atoms with Gasteiger partial charge in [-0.3, -0.25) is 14.4 Å². The van der Waals surface area contributed by atoms with E-state index in [2.05, 4.69) is 5.16 Å². The summed E-state index contributed by atoms with van der Waals surface area (Å²) in [4.78, 5) is 43.8. The van der Waals surface area contributed by atoms with E-state index in [4.69, 9.17) is 4.84 Å². The van der Waals surface area contributed by atoms with Crippen LogP contribution < -0.4 is 4.90 Å². The number of oxime groups is 1. The molecule has 1 fully saturated rings. The number of fused-ring (bicyclic) bond motifs is 1. The number of Topliss-reactive ketones (excluding diaryl/α,β-unsaturated/α-hetero) is 1. The summed E-state index contributed by atoms with van der Waals surface area (Å²) < 4.78 is 13.1. The van der Waals surface area contributed by atoms with E-state index in [1.54, 1.807) is 30.3 Å². The Hall–Kier alpha value is -3.35. The van der Waals surface area contributed by atoms with Gasteiger partial charge in [0.2, 0.25) is 17.8 Å². The van der Waals surface area contributed by atoms with Gasteiger partial charge in [-0.15, -0.1) is 0 Å². The number of hydrogen-bond acceptors (Lipinski definition) is 5. The Morgan fingerprint density at radius 2 is 1.68 bits per heavy atom. The van der Waals surface area contributed by atoms with Crippen LogP contribution in [0.5, 0.6) is 0 Å². The standard InChI is InChI=1S/C18H11FN2O4/c19-11-6-8-12(9-7-11)21-17(23)13-14(20-25-16(13)18(21)24)15(22)10-4-2-1-3-5-10/h1-9,13,16H/t13-,16+/m0/s1. The fourth-order valence-corrected chi connectivity index (χ4v) is 2.95. The number of carbonyl (C=O) groups is 3. The molecule has 4 rings (SSSR count). The minimum absolute atomic E-state index is 0.0980. The highest BCUT2D eigenvalue weighted by Gasteiger charge is 2.57. The molecule has 2 aliphatic rings. The van der Waals surface area contributed by atoms with Crippen LogP contribution in [0.4, 0.5) is 10.1 Å². The molecule has 0 unspecified atom stereocenters. The average Bonchev–Trinajstić information content (AvgIpc) is 3.17. The molecule has 0 radical (unpaired) electrons. The lowest BCUT2D eigenvalue weighted by Gasteiger charge is -2.15. The largest absolute Gasteiger partial charge is 0.381 e. The predicted molar refractivity (Wildman–Crippen MR) is 85.5 cm³/mol. The van der Waals surface area contributed by atoms with Crippen molar-refractivity contribution in [3.8, 4) is 0 Å². The van der Waals surface area contributed by atoms with E-state index in [9.17, 15) is 18.8 Å². The summed E-state index contributed by atoms with van der Waals surface area (Å²) in [7, 11) is 0. The van der Waals surface area contributed by atoms with Gasteiger partial charge in [0.1, 0.15) is 17.4 Å². The topological polar surface area (TPSA) is 76.0 Å². The zero-order chi connectivity index (χ0) is 17.6. The molecule has 6 nitrogen and oxygen atoms in total. The van der Waals surface area contributed by atoms with Gasteiger partial charge < -0.3 is 4.84 Å². The molecule has 0 spiro atoms. The van der Waals surface area contributed by atoms with E-state index in [0.29, 0.717) is 5.56 Å². The lowest BCUT2D eigenvalue weighted by atomic mass is 9.93. The smallest absolute Gasteiger partial charge is 0.278 e. The second-order valence-corrected chi connectivity index (χ2v) is 5.66. The van der Waals surface area contributed by atoms with Gasteiger partial charge in [0.15, 0.2) is 0 Å². The zero-order valence-corrected chi connectivity index (χ0v) is 12.8. The van der Waals surface area contributed by atoms with Crippen molar-refractivity contribution >= 4 is 29.0 Å². The second-order valence-electron chi connectivity index (χ2n) is 5.66. The summed E-state index contributed by atoms with van der Waals surface area (Å²) >= 11 is 0. The lowest BCUT2D eigenvalue weighted by Crippen LogP contribution is -2.34. The highest BCUT2D eigenvalue weighted by molar-refractivity contribution is 6.52. The van der Waals surface area contributed by atoms with Crippen LogP contribution in [0.2, 0.25) is 0 Å². The fourth-order valence-electron chi connectivity index (χ4n) is 2.95. The maximum absolute atomic E-state index is 13.1. The molecule has 2 amide bonds. The third-order valence-corrected chi connectivity index (χ3v) is 4.17. The highest BCUT2D eigenvalue weighted by Crippen LogP contribution is 2.34. The van der Waals surface area contributed by atoms with E-state index < -0.39 is 35.4 Å². The Morgan fingerprint density at radius 1 is 1.00 bits per heavy atom. The summed E-state index contributed by atoms with van der Waals surface area (Å²) in [5.74, 6) is -3.27. The summed E-state index contributed by atoms with van der Waals surface area (Å²) in [5, 5.41) is 3.68. The summed E-state index contributed by atoms with van der Waals surface area (Å²) in [6.45, 7) is 0. The van der Waals surface area contributed by atoms with Crippen LogP contribution in [-0.2, 0) is 14.4 Å². The maximum Gasteiger partial charge on any atom is 0.278 e. The number of anilines is 1. The third-order valence-electron chi connectivity index (χ3n) is 4.17. The summed E-state index contributed by atoms with van der Waals surface area (Å²) in [6, 6.07) is 13.3. The molecular weight excluding hydrogens is 327 g/mol. The Morgan fingerprint density at radius 3 is 2.36 bits per heavy atom. The molecule has 2 aromatic rings. The Labute approximate surface area is 141 Å². The van der Waals surface area contributed by atoms with Gasteiger partial charge in [0, 0.05) is 5.56 Å². The minimum atomic E-state index is -1.17. The first-order chi connectivity index (χ1) is 12.1. The lowest BCUT2D eigenvalue weighted by molar-refractivity contribution is -0.126. The van der Waals surface area contributed by atoms with E-state index in [1.165, 1.54) is 12.1 Å². The Balaban J connectivity index is 1.67. The van der Waals surface area contributed by atoms with E-state index in [1.807, 2.05) is 0 Å². The van der Waals surface area contributed by atoms with Gasteiger partial charge in [-0.2, -0.15) is 0 Å². The quantitative estimate of drug-likeness (QED) is 0.633. The van der Waals surface area contributed by atoms with Gasteiger partial charge in [-0.1, -0.05) is 35.5 Å². The van der Waals surface area contributed by atoms with Crippen molar-refractivity contribution in [1.29, 1.82) is 0 Å². The molecule has 0 N–H and O–H groups in total. The number of halogens is 1. The van der Waals surface area contributed by atoms with Gasteiger partial charge >= 0.3 is 0 Å². The number of benzene rings is 2. The molecule has 0 aliphatic carbocycles. The Bertz CT molecular complexity index is 908. The van der Waals surface area contributed by atoms with Crippen LogP contribution in [0.25, 0.3) is 0 Å². The molecule has 0 saturated carbocycles. The van der Waals surface area contributed by atoms with Crippen LogP contribution in [0.3, 0.4) is 0 Å². The van der Waals surface area contributed by atoms with Crippen molar-refractivity contribution < 1.29 is 23.6 Å². The molecule has 2 heterocycles. The van der Waals surface area contributed by atoms with Gasteiger partial charge in [0.05, 0.1) is 5.69 Å². The number of ketones is 1. The first-order valence-electron chi connectivity index (χ1n) is 7.55. The molecule has 0 bridgehead atoms. The molecule has 124 valence electrons. The van der Waals surface area contributed by atoms with Crippen molar-refractivity contribution in [3.63, 3.8) is 0 Å². The molecule has 2 aliphatic heterocycles. The van der Waals surface area contributed by atoms with Crippen LogP contribution in [0.1, 0.15) is 10.4 Å². The van der Waals surface area contributed by atoms with Crippen molar-refractivity contribution in [1.82, 2.24) is 0 Å².